The van der Waals surface area contributed by atoms with E-state index < -0.39 is 70.4 Å². The van der Waals surface area contributed by atoms with E-state index >= 15 is 0 Å². The van der Waals surface area contributed by atoms with Gasteiger partial charge >= 0.3 is 11.9 Å². The topological polar surface area (TPSA) is 111 Å². The predicted octanol–water partition coefficient (Wildman–Crippen LogP) is 3.06. The van der Waals surface area contributed by atoms with E-state index in [-0.39, 0.29) is 5.78 Å². The molecule has 2 aromatic carbocycles. The molecule has 1 saturated carbocycles. The molecule has 8 atom stereocenters. The van der Waals surface area contributed by atoms with E-state index in [0.29, 0.717) is 5.56 Å². The Morgan fingerprint density at radius 3 is 1.55 bits per heavy atom. The molecule has 10 heteroatoms. The van der Waals surface area contributed by atoms with E-state index in [1.165, 1.54) is 45.4 Å². The second-order valence-corrected chi connectivity index (χ2v) is 11.5. The van der Waals surface area contributed by atoms with E-state index in [1.54, 1.807) is 6.92 Å². The van der Waals surface area contributed by atoms with E-state index in [0.717, 1.165) is 10.0 Å². The number of methoxy groups -OCH3 is 2. The zero-order valence-corrected chi connectivity index (χ0v) is 22.9. The Kier molecular flexibility index (Phi) is 6.56. The van der Waals surface area contributed by atoms with Crippen LogP contribution in [0.3, 0.4) is 0 Å². The number of carbonyl (C=O) groups excluding carboxylic acids is 4. The zero-order valence-electron chi connectivity index (χ0n) is 21.3. The van der Waals surface area contributed by atoms with Crippen molar-refractivity contribution in [2.24, 2.45) is 23.7 Å². The van der Waals surface area contributed by atoms with Gasteiger partial charge < -0.3 is 9.47 Å². The van der Waals surface area contributed by atoms with Crippen molar-refractivity contribution in [2.75, 3.05) is 14.2 Å². The first kappa shape index (κ1) is 26.6. The van der Waals surface area contributed by atoms with Gasteiger partial charge in [-0.25, -0.2) is 4.39 Å². The highest BCUT2D eigenvalue weighted by Gasteiger charge is 2.72. The quantitative estimate of drug-likeness (QED) is 0.526. The average Bonchev–Trinajstić information content (AvgIpc) is 3.41. The van der Waals surface area contributed by atoms with Gasteiger partial charge in [-0.05, 0) is 49.2 Å². The Balaban J connectivity index is 1.69. The fourth-order valence-electron chi connectivity index (χ4n) is 6.82. The molecule has 2 aliphatic heterocycles. The molecule has 0 radical (unpaired) electrons. The molecule has 3 fully saturated rings. The number of ketones is 2. The first-order chi connectivity index (χ1) is 18.0. The molecule has 8 nitrogen and oxygen atoms in total. The van der Waals surface area contributed by atoms with Gasteiger partial charge in [-0.2, -0.15) is 0 Å². The van der Waals surface area contributed by atoms with Crippen molar-refractivity contribution >= 4 is 39.4 Å². The van der Waals surface area contributed by atoms with E-state index in [4.69, 9.17) is 9.47 Å². The normalized spacial score (nSPS) is 35.9. The molecular weight excluding hydrogens is 559 g/mol. The molecule has 0 bridgehead atoms. The number of esters is 2. The summed E-state index contributed by atoms with van der Waals surface area (Å²) in [6, 6.07) is 11.5. The van der Waals surface area contributed by atoms with Crippen LogP contribution in [0.1, 0.15) is 37.1 Å². The smallest absolute Gasteiger partial charge is 0.326 e. The second-order valence-electron chi connectivity index (χ2n) is 10.5. The maximum Gasteiger partial charge on any atom is 0.326 e. The number of nitrogens with one attached hydrogen (secondary N) is 2. The van der Waals surface area contributed by atoms with Crippen molar-refractivity contribution in [3.05, 3.63) is 69.9 Å². The largest absolute Gasteiger partial charge is 0.468 e. The number of hydrogen-bond acceptors (Lipinski definition) is 8. The summed E-state index contributed by atoms with van der Waals surface area (Å²) in [4.78, 5) is 55.2. The van der Waals surface area contributed by atoms with Crippen LogP contribution in [-0.4, -0.2) is 48.8 Å². The van der Waals surface area contributed by atoms with Crippen LogP contribution < -0.4 is 10.6 Å². The summed E-state index contributed by atoms with van der Waals surface area (Å²) < 4.78 is 24.7. The molecule has 1 aliphatic carbocycles. The third kappa shape index (κ3) is 3.76. The predicted molar refractivity (Wildman–Crippen MR) is 137 cm³/mol. The SMILES string of the molecule is COC(=O)[C@@]1(C)N[C@@H](c2ccc(F)cc2)[C@H]2C(=O)[C@H]3[C@@H](C(=O)[C@H]21)[C@@](C)(C(=O)OC)N[C@H]3c1ccc(Br)cc1. The Labute approximate surface area is 227 Å². The minimum Gasteiger partial charge on any atom is -0.468 e. The van der Waals surface area contributed by atoms with Crippen molar-refractivity contribution in [1.82, 2.24) is 10.6 Å². The fraction of sp³-hybridized carbons (Fsp3) is 0.429. The van der Waals surface area contributed by atoms with Gasteiger partial charge in [-0.1, -0.05) is 40.2 Å². The summed E-state index contributed by atoms with van der Waals surface area (Å²) >= 11 is 3.42. The molecule has 0 spiro atoms. The van der Waals surface area contributed by atoms with Crippen LogP contribution >= 0.6 is 15.9 Å². The molecule has 0 amide bonds. The molecule has 38 heavy (non-hydrogen) atoms. The summed E-state index contributed by atoms with van der Waals surface area (Å²) in [7, 11) is 2.45. The molecule has 0 unspecified atom stereocenters. The molecule has 2 N–H and O–H groups in total. The summed E-state index contributed by atoms with van der Waals surface area (Å²) in [6.45, 7) is 3.10. The lowest BCUT2D eigenvalue weighted by Gasteiger charge is -2.41. The Bertz CT molecular complexity index is 1220. The average molecular weight is 587 g/mol. The van der Waals surface area contributed by atoms with Crippen LogP contribution in [0, 0.1) is 29.5 Å². The number of benzene rings is 2. The van der Waals surface area contributed by atoms with Crippen molar-refractivity contribution in [1.29, 1.82) is 0 Å². The highest BCUT2D eigenvalue weighted by Crippen LogP contribution is 2.57. The lowest BCUT2D eigenvalue weighted by Crippen LogP contribution is -2.61. The van der Waals surface area contributed by atoms with Crippen LogP contribution in [0.2, 0.25) is 0 Å². The van der Waals surface area contributed by atoms with Crippen LogP contribution in [0.5, 0.6) is 0 Å². The molecule has 200 valence electrons. The third-order valence-corrected chi connectivity index (χ3v) is 9.07. The minimum atomic E-state index is -1.55. The van der Waals surface area contributed by atoms with Gasteiger partial charge in [0.1, 0.15) is 28.5 Å². The first-order valence-electron chi connectivity index (χ1n) is 12.3. The van der Waals surface area contributed by atoms with Crippen molar-refractivity contribution in [3.63, 3.8) is 0 Å². The number of carbonyl (C=O) groups is 4. The van der Waals surface area contributed by atoms with Crippen molar-refractivity contribution < 1.29 is 33.0 Å². The van der Waals surface area contributed by atoms with E-state index in [2.05, 4.69) is 26.6 Å². The van der Waals surface area contributed by atoms with Crippen LogP contribution in [-0.2, 0) is 28.7 Å². The number of fused-ring (bicyclic) bond motifs is 2. The highest BCUT2D eigenvalue weighted by molar-refractivity contribution is 9.10. The first-order valence-corrected chi connectivity index (χ1v) is 13.1. The monoisotopic (exact) mass is 586 g/mol. The molecule has 2 aromatic rings. The number of ether oxygens (including phenoxy) is 2. The fourth-order valence-corrected chi connectivity index (χ4v) is 7.09. The number of hydrogen-bond donors (Lipinski definition) is 2. The highest BCUT2D eigenvalue weighted by atomic mass is 79.9. The van der Waals surface area contributed by atoms with Crippen molar-refractivity contribution in [2.45, 2.75) is 37.0 Å². The molecule has 5 rings (SSSR count). The number of rotatable bonds is 4. The standard InChI is InChI=1S/C28H28BrFN2O6/c1-27(25(35)37-3)19-17(21(31-27)13-5-9-15(29)10-6-13)23(33)18-20(24(19)34)28(2,26(36)38-4)32-22(18)14-7-11-16(30)12-8-14/h5-12,17-22,31-32H,1-4H3/t17-,18-,19-,20-,21-,22-,27-,28-/m0/s1. The van der Waals surface area contributed by atoms with Crippen LogP contribution in [0.15, 0.2) is 53.0 Å². The Morgan fingerprint density at radius 2 is 1.16 bits per heavy atom. The molecule has 2 heterocycles. The van der Waals surface area contributed by atoms with Gasteiger partial charge in [-0.15, -0.1) is 0 Å². The third-order valence-electron chi connectivity index (χ3n) is 8.54. The minimum absolute atomic E-state index is 0.262. The maximum atomic E-state index is 14.5. The molecule has 3 aliphatic rings. The van der Waals surface area contributed by atoms with Crippen molar-refractivity contribution in [3.8, 4) is 0 Å². The summed E-state index contributed by atoms with van der Waals surface area (Å²) in [5.74, 6) is -6.54. The summed E-state index contributed by atoms with van der Waals surface area (Å²) in [5.41, 5.74) is -1.77. The van der Waals surface area contributed by atoms with Crippen LogP contribution in [0.4, 0.5) is 4.39 Å². The summed E-state index contributed by atoms with van der Waals surface area (Å²) in [5, 5.41) is 6.46. The number of halogens is 2. The van der Waals surface area contributed by atoms with Crippen LogP contribution in [0.25, 0.3) is 0 Å². The maximum absolute atomic E-state index is 14.5. The lowest BCUT2D eigenvalue weighted by molar-refractivity contribution is -0.160. The van der Waals surface area contributed by atoms with Gasteiger partial charge in [0.25, 0.3) is 0 Å². The molecule has 2 saturated heterocycles. The zero-order chi connectivity index (χ0) is 27.6. The Hall–Kier alpha value is -2.95. The Morgan fingerprint density at radius 1 is 0.763 bits per heavy atom. The lowest BCUT2D eigenvalue weighted by atomic mass is 9.58. The summed E-state index contributed by atoms with van der Waals surface area (Å²) in [6.07, 6.45) is 0. The molecule has 0 aromatic heterocycles. The van der Waals surface area contributed by atoms with E-state index in [1.807, 2.05) is 24.3 Å². The van der Waals surface area contributed by atoms with Gasteiger partial charge in [0.15, 0.2) is 0 Å². The number of Topliss-reactive ketones (excluding diaryl/α,β-unsaturated/α-hetero) is 2. The van der Waals surface area contributed by atoms with Gasteiger partial charge in [0.2, 0.25) is 0 Å². The van der Waals surface area contributed by atoms with Gasteiger partial charge in [0, 0.05) is 28.4 Å². The van der Waals surface area contributed by atoms with E-state index in [9.17, 15) is 23.6 Å². The second kappa shape index (κ2) is 9.36. The molecular formula is C28H28BrFN2O6. The van der Waals surface area contributed by atoms with Gasteiger partial charge in [0.05, 0.1) is 26.1 Å². The van der Waals surface area contributed by atoms with Gasteiger partial charge in [-0.3, -0.25) is 29.8 Å².